The van der Waals surface area contributed by atoms with Gasteiger partial charge in [0.2, 0.25) is 0 Å². The van der Waals surface area contributed by atoms with Crippen LogP contribution in [0.3, 0.4) is 0 Å². The van der Waals surface area contributed by atoms with Crippen molar-refractivity contribution < 1.29 is 4.74 Å². The molecule has 4 nitrogen and oxygen atoms in total. The third-order valence-corrected chi connectivity index (χ3v) is 5.04. The second-order valence-electron chi connectivity index (χ2n) is 6.97. The minimum Gasteiger partial charge on any atom is -0.493 e. The van der Waals surface area contributed by atoms with E-state index < -0.39 is 0 Å². The number of rotatable bonds is 6. The molecule has 1 atom stereocenters. The van der Waals surface area contributed by atoms with E-state index in [0.717, 1.165) is 36.6 Å². The van der Waals surface area contributed by atoms with Crippen molar-refractivity contribution in [1.82, 2.24) is 14.5 Å². The highest BCUT2D eigenvalue weighted by Crippen LogP contribution is 2.28. The number of aromatic nitrogens is 2. The second kappa shape index (κ2) is 7.75. The fourth-order valence-electron chi connectivity index (χ4n) is 3.60. The standard InChI is InChI=1S/C22H25N3O/c1-24-14-11-20(17-24)25-15-13-23-22(25)19-7-9-21(10-8-19)26-16-12-18-5-3-2-4-6-18/h2-10,13,15,20H,11-12,14,16-17H2,1H3. The first-order valence-electron chi connectivity index (χ1n) is 9.28. The molecule has 2 aromatic carbocycles. The number of hydrogen-bond donors (Lipinski definition) is 0. The molecule has 0 aliphatic carbocycles. The molecule has 134 valence electrons. The van der Waals surface area contributed by atoms with Crippen LogP contribution in [0.15, 0.2) is 67.0 Å². The van der Waals surface area contributed by atoms with Crippen molar-refractivity contribution in [2.75, 3.05) is 26.7 Å². The Kier molecular flexibility index (Phi) is 5.02. The minimum atomic E-state index is 0.513. The molecule has 0 N–H and O–H groups in total. The van der Waals surface area contributed by atoms with E-state index in [-0.39, 0.29) is 0 Å². The molecule has 3 aromatic rings. The van der Waals surface area contributed by atoms with Gasteiger partial charge in [-0.25, -0.2) is 4.98 Å². The van der Waals surface area contributed by atoms with Crippen molar-refractivity contribution in [2.45, 2.75) is 18.9 Å². The zero-order valence-electron chi connectivity index (χ0n) is 15.2. The molecule has 1 unspecified atom stereocenters. The van der Waals surface area contributed by atoms with Gasteiger partial charge in [-0.15, -0.1) is 0 Å². The summed E-state index contributed by atoms with van der Waals surface area (Å²) < 4.78 is 8.21. The molecule has 4 heteroatoms. The minimum absolute atomic E-state index is 0.513. The average molecular weight is 347 g/mol. The molecule has 1 saturated heterocycles. The summed E-state index contributed by atoms with van der Waals surface area (Å²) in [6.07, 6.45) is 6.10. The lowest BCUT2D eigenvalue weighted by atomic mass is 10.1. The van der Waals surface area contributed by atoms with Crippen LogP contribution in [0.1, 0.15) is 18.0 Å². The Hall–Kier alpha value is -2.59. The Morgan fingerprint density at radius 3 is 2.62 bits per heavy atom. The maximum atomic E-state index is 5.89. The van der Waals surface area contributed by atoms with E-state index in [9.17, 15) is 0 Å². The van der Waals surface area contributed by atoms with Crippen LogP contribution < -0.4 is 4.74 Å². The summed E-state index contributed by atoms with van der Waals surface area (Å²) in [6.45, 7) is 2.92. The maximum Gasteiger partial charge on any atom is 0.140 e. The number of imidazole rings is 1. The first kappa shape index (κ1) is 16.9. The predicted molar refractivity (Wildman–Crippen MR) is 104 cm³/mol. The summed E-state index contributed by atoms with van der Waals surface area (Å²) >= 11 is 0. The van der Waals surface area contributed by atoms with Gasteiger partial charge in [0, 0.05) is 37.0 Å². The smallest absolute Gasteiger partial charge is 0.140 e. The lowest BCUT2D eigenvalue weighted by Gasteiger charge is -2.16. The monoisotopic (exact) mass is 347 g/mol. The molecule has 0 saturated carbocycles. The van der Waals surface area contributed by atoms with Crippen LogP contribution in [0.4, 0.5) is 0 Å². The van der Waals surface area contributed by atoms with E-state index in [2.05, 4.69) is 64.1 Å². The zero-order valence-corrected chi connectivity index (χ0v) is 15.2. The molecular weight excluding hydrogens is 322 g/mol. The first-order chi connectivity index (χ1) is 12.8. The number of likely N-dealkylation sites (N-methyl/N-ethyl adjacent to an activating group) is 1. The van der Waals surface area contributed by atoms with E-state index in [1.54, 1.807) is 0 Å². The summed E-state index contributed by atoms with van der Waals surface area (Å²) in [5, 5.41) is 0. The van der Waals surface area contributed by atoms with Gasteiger partial charge in [0.25, 0.3) is 0 Å². The molecule has 0 amide bonds. The molecular formula is C22H25N3O. The Bertz CT molecular complexity index is 826. The normalized spacial score (nSPS) is 17.5. The summed E-state index contributed by atoms with van der Waals surface area (Å²) in [4.78, 5) is 6.96. The third kappa shape index (κ3) is 3.81. The van der Waals surface area contributed by atoms with Gasteiger partial charge in [0.05, 0.1) is 6.61 Å². The summed E-state index contributed by atoms with van der Waals surface area (Å²) in [5.74, 6) is 1.95. The van der Waals surface area contributed by atoms with E-state index in [4.69, 9.17) is 4.74 Å². The number of benzene rings is 2. The van der Waals surface area contributed by atoms with Crippen molar-refractivity contribution in [3.05, 3.63) is 72.6 Å². The van der Waals surface area contributed by atoms with Crippen LogP contribution >= 0.6 is 0 Å². The van der Waals surface area contributed by atoms with Crippen molar-refractivity contribution >= 4 is 0 Å². The quantitative estimate of drug-likeness (QED) is 0.674. The Morgan fingerprint density at radius 2 is 1.88 bits per heavy atom. The van der Waals surface area contributed by atoms with Crippen LogP contribution in [0.2, 0.25) is 0 Å². The van der Waals surface area contributed by atoms with Gasteiger partial charge in [0.15, 0.2) is 0 Å². The van der Waals surface area contributed by atoms with Gasteiger partial charge < -0.3 is 14.2 Å². The number of ether oxygens (including phenoxy) is 1. The van der Waals surface area contributed by atoms with Crippen molar-refractivity contribution in [3.63, 3.8) is 0 Å². The molecule has 0 bridgehead atoms. The van der Waals surface area contributed by atoms with Crippen LogP contribution in [-0.4, -0.2) is 41.2 Å². The van der Waals surface area contributed by atoms with Gasteiger partial charge in [0.1, 0.15) is 11.6 Å². The number of likely N-dealkylation sites (tertiary alicyclic amines) is 1. The van der Waals surface area contributed by atoms with E-state index >= 15 is 0 Å². The molecule has 4 rings (SSSR count). The number of nitrogens with zero attached hydrogens (tertiary/aromatic N) is 3. The lowest BCUT2D eigenvalue weighted by Crippen LogP contribution is -2.16. The highest BCUT2D eigenvalue weighted by atomic mass is 16.5. The zero-order chi connectivity index (χ0) is 17.8. The van der Waals surface area contributed by atoms with Crippen LogP contribution in [0.25, 0.3) is 11.4 Å². The average Bonchev–Trinajstić information content (AvgIpc) is 3.32. The molecule has 2 heterocycles. The summed E-state index contributed by atoms with van der Waals surface area (Å²) in [7, 11) is 2.18. The van der Waals surface area contributed by atoms with E-state index in [1.807, 2.05) is 24.4 Å². The highest BCUT2D eigenvalue weighted by Gasteiger charge is 2.23. The maximum absolute atomic E-state index is 5.89. The molecule has 1 aliphatic heterocycles. The van der Waals surface area contributed by atoms with Gasteiger partial charge in [-0.2, -0.15) is 0 Å². The number of hydrogen-bond acceptors (Lipinski definition) is 3. The SMILES string of the molecule is CN1CCC(n2ccnc2-c2ccc(OCCc3ccccc3)cc2)C1. The summed E-state index contributed by atoms with van der Waals surface area (Å²) in [6, 6.07) is 19.2. The molecule has 1 aliphatic rings. The lowest BCUT2D eigenvalue weighted by molar-refractivity contribution is 0.322. The fourth-order valence-corrected chi connectivity index (χ4v) is 3.60. The highest BCUT2D eigenvalue weighted by molar-refractivity contribution is 5.57. The van der Waals surface area contributed by atoms with Gasteiger partial charge in [-0.3, -0.25) is 0 Å². The summed E-state index contributed by atoms with van der Waals surface area (Å²) in [5.41, 5.74) is 2.44. The van der Waals surface area contributed by atoms with Crippen molar-refractivity contribution in [3.8, 4) is 17.1 Å². The Balaban J connectivity index is 1.40. The Labute approximate surface area is 155 Å². The van der Waals surface area contributed by atoms with E-state index in [0.29, 0.717) is 12.6 Å². The topological polar surface area (TPSA) is 30.3 Å². The molecule has 0 radical (unpaired) electrons. The second-order valence-corrected chi connectivity index (χ2v) is 6.97. The first-order valence-corrected chi connectivity index (χ1v) is 9.28. The largest absolute Gasteiger partial charge is 0.493 e. The molecule has 26 heavy (non-hydrogen) atoms. The van der Waals surface area contributed by atoms with Crippen LogP contribution in [0.5, 0.6) is 5.75 Å². The molecule has 1 fully saturated rings. The van der Waals surface area contributed by atoms with E-state index in [1.165, 1.54) is 12.0 Å². The molecule has 0 spiro atoms. The molecule has 1 aromatic heterocycles. The fraction of sp³-hybridized carbons (Fsp3) is 0.318. The van der Waals surface area contributed by atoms with Crippen LogP contribution in [-0.2, 0) is 6.42 Å². The third-order valence-electron chi connectivity index (χ3n) is 5.04. The van der Waals surface area contributed by atoms with Gasteiger partial charge in [-0.1, -0.05) is 30.3 Å². The van der Waals surface area contributed by atoms with Gasteiger partial charge >= 0.3 is 0 Å². The van der Waals surface area contributed by atoms with Crippen LogP contribution in [0, 0.1) is 0 Å². The Morgan fingerprint density at radius 1 is 1.08 bits per heavy atom. The predicted octanol–water partition coefficient (Wildman–Crippen LogP) is 4.05. The van der Waals surface area contributed by atoms with Gasteiger partial charge in [-0.05, 0) is 49.8 Å². The van der Waals surface area contributed by atoms with Crippen molar-refractivity contribution in [2.24, 2.45) is 0 Å². The van der Waals surface area contributed by atoms with Crippen molar-refractivity contribution in [1.29, 1.82) is 0 Å².